The number of aromatic amines is 1. The third kappa shape index (κ3) is 3.74. The van der Waals surface area contributed by atoms with Crippen molar-refractivity contribution >= 4 is 11.2 Å². The summed E-state index contributed by atoms with van der Waals surface area (Å²) >= 11 is 0. The van der Waals surface area contributed by atoms with Crippen molar-refractivity contribution < 1.29 is 0 Å². The predicted octanol–water partition coefficient (Wildman–Crippen LogP) is 4.33. The summed E-state index contributed by atoms with van der Waals surface area (Å²) in [6.45, 7) is 11.6. The smallest absolute Gasteiger partial charge is 0.178 e. The second-order valence-electron chi connectivity index (χ2n) is 8.05. The van der Waals surface area contributed by atoms with Crippen molar-refractivity contribution in [1.82, 2.24) is 15.0 Å². The van der Waals surface area contributed by atoms with Crippen LogP contribution in [0.2, 0.25) is 0 Å². The fourth-order valence-electron chi connectivity index (χ4n) is 3.38. The normalized spacial score (nSPS) is 12.1. The first kappa shape index (κ1) is 17.6. The molecular formula is C21H28N4. The lowest BCUT2D eigenvalue weighted by Gasteiger charge is -2.15. The largest absolute Gasteiger partial charge is 0.340 e. The van der Waals surface area contributed by atoms with E-state index in [4.69, 9.17) is 15.7 Å². The van der Waals surface area contributed by atoms with Crippen molar-refractivity contribution in [2.24, 2.45) is 11.1 Å². The number of aryl methyl sites for hydroxylation is 2. The standard InChI is InChI=1S/C21H28N4/c1-13-18(16-8-6-15(7-9-16)10-11-22)14(2)23-20-19(13)24-17(25-20)12-21(3,4)5/h6-9H,10-12,22H2,1-5H3,(H,23,24,25). The molecule has 25 heavy (non-hydrogen) atoms. The maximum Gasteiger partial charge on any atom is 0.178 e. The van der Waals surface area contributed by atoms with Gasteiger partial charge in [0.1, 0.15) is 5.82 Å². The van der Waals surface area contributed by atoms with Gasteiger partial charge in [0, 0.05) is 17.7 Å². The molecule has 2 heterocycles. The summed E-state index contributed by atoms with van der Waals surface area (Å²) < 4.78 is 0. The molecule has 132 valence electrons. The van der Waals surface area contributed by atoms with Gasteiger partial charge in [0.2, 0.25) is 0 Å². The van der Waals surface area contributed by atoms with Crippen molar-refractivity contribution in [3.63, 3.8) is 0 Å². The van der Waals surface area contributed by atoms with Gasteiger partial charge in [-0.2, -0.15) is 0 Å². The van der Waals surface area contributed by atoms with Crippen molar-refractivity contribution in [2.45, 2.75) is 47.5 Å². The molecule has 3 aromatic rings. The van der Waals surface area contributed by atoms with E-state index in [0.717, 1.165) is 35.5 Å². The number of imidazole rings is 1. The average Bonchev–Trinajstić information content (AvgIpc) is 2.89. The lowest BCUT2D eigenvalue weighted by Crippen LogP contribution is -2.10. The van der Waals surface area contributed by atoms with Crippen molar-refractivity contribution in [1.29, 1.82) is 0 Å². The van der Waals surface area contributed by atoms with E-state index in [0.29, 0.717) is 6.54 Å². The number of nitrogens with one attached hydrogen (secondary N) is 1. The summed E-state index contributed by atoms with van der Waals surface area (Å²) in [5, 5.41) is 0. The van der Waals surface area contributed by atoms with E-state index < -0.39 is 0 Å². The summed E-state index contributed by atoms with van der Waals surface area (Å²) in [6.07, 6.45) is 1.82. The third-order valence-electron chi connectivity index (χ3n) is 4.49. The van der Waals surface area contributed by atoms with E-state index >= 15 is 0 Å². The van der Waals surface area contributed by atoms with Crippen LogP contribution in [-0.4, -0.2) is 21.5 Å². The molecule has 1 aromatic carbocycles. The van der Waals surface area contributed by atoms with Crippen LogP contribution >= 0.6 is 0 Å². The van der Waals surface area contributed by atoms with E-state index in [2.05, 4.69) is 63.9 Å². The van der Waals surface area contributed by atoms with Crippen LogP contribution < -0.4 is 5.73 Å². The molecule has 0 aliphatic heterocycles. The van der Waals surface area contributed by atoms with E-state index in [-0.39, 0.29) is 5.41 Å². The highest BCUT2D eigenvalue weighted by Crippen LogP contribution is 2.31. The van der Waals surface area contributed by atoms with E-state index in [1.54, 1.807) is 0 Å². The van der Waals surface area contributed by atoms with Crippen LogP contribution in [0.15, 0.2) is 24.3 Å². The predicted molar refractivity (Wildman–Crippen MR) is 105 cm³/mol. The molecule has 0 atom stereocenters. The van der Waals surface area contributed by atoms with Crippen molar-refractivity contribution in [2.75, 3.05) is 6.54 Å². The first-order chi connectivity index (χ1) is 11.8. The van der Waals surface area contributed by atoms with Crippen LogP contribution in [0.1, 0.15) is 43.4 Å². The number of pyridine rings is 1. The van der Waals surface area contributed by atoms with Gasteiger partial charge >= 0.3 is 0 Å². The number of aromatic nitrogens is 3. The second kappa shape index (κ2) is 6.60. The van der Waals surface area contributed by atoms with Gasteiger partial charge in [-0.15, -0.1) is 0 Å². The second-order valence-corrected chi connectivity index (χ2v) is 8.05. The van der Waals surface area contributed by atoms with Crippen LogP contribution in [-0.2, 0) is 12.8 Å². The summed E-state index contributed by atoms with van der Waals surface area (Å²) in [5.74, 6) is 1.01. The Morgan fingerprint density at radius 2 is 1.72 bits per heavy atom. The topological polar surface area (TPSA) is 67.6 Å². The minimum atomic E-state index is 0.193. The molecule has 0 fully saturated rings. The number of H-pyrrole nitrogens is 1. The SMILES string of the molecule is Cc1nc2nc(CC(C)(C)C)[nH]c2c(C)c1-c1ccc(CCN)cc1. The molecular weight excluding hydrogens is 308 g/mol. The Morgan fingerprint density at radius 3 is 2.32 bits per heavy atom. The van der Waals surface area contributed by atoms with E-state index in [1.165, 1.54) is 22.3 Å². The zero-order valence-electron chi connectivity index (χ0n) is 15.9. The lowest BCUT2D eigenvalue weighted by molar-refractivity contribution is 0.402. The molecule has 3 rings (SSSR count). The van der Waals surface area contributed by atoms with Crippen LogP contribution in [0.3, 0.4) is 0 Å². The minimum Gasteiger partial charge on any atom is -0.340 e. The van der Waals surface area contributed by atoms with Gasteiger partial charge in [0.15, 0.2) is 5.65 Å². The average molecular weight is 336 g/mol. The molecule has 0 aliphatic rings. The van der Waals surface area contributed by atoms with Gasteiger partial charge in [0.25, 0.3) is 0 Å². The van der Waals surface area contributed by atoms with Gasteiger partial charge in [-0.25, -0.2) is 9.97 Å². The molecule has 4 heteroatoms. The van der Waals surface area contributed by atoms with Crippen LogP contribution in [0.25, 0.3) is 22.3 Å². The monoisotopic (exact) mass is 336 g/mol. The number of benzene rings is 1. The molecule has 0 unspecified atom stereocenters. The summed E-state index contributed by atoms with van der Waals surface area (Å²) in [6, 6.07) is 8.65. The van der Waals surface area contributed by atoms with Gasteiger partial charge in [-0.05, 0) is 48.9 Å². The zero-order valence-corrected chi connectivity index (χ0v) is 15.9. The minimum absolute atomic E-state index is 0.193. The van der Waals surface area contributed by atoms with Gasteiger partial charge < -0.3 is 10.7 Å². The Balaban J connectivity index is 2.06. The maximum atomic E-state index is 5.65. The van der Waals surface area contributed by atoms with Crippen molar-refractivity contribution in [3.8, 4) is 11.1 Å². The number of nitrogens with two attached hydrogens (primary N) is 1. The Kier molecular flexibility index (Phi) is 4.65. The number of hydrogen-bond acceptors (Lipinski definition) is 3. The Hall–Kier alpha value is -2.20. The van der Waals surface area contributed by atoms with E-state index in [9.17, 15) is 0 Å². The first-order valence-electron chi connectivity index (χ1n) is 8.93. The molecule has 2 aromatic heterocycles. The van der Waals surface area contributed by atoms with Crippen LogP contribution in [0.4, 0.5) is 0 Å². The molecule has 0 spiro atoms. The fourth-order valence-corrected chi connectivity index (χ4v) is 3.38. The Labute approximate surface area is 149 Å². The summed E-state index contributed by atoms with van der Waals surface area (Å²) in [5.41, 5.74) is 13.6. The summed E-state index contributed by atoms with van der Waals surface area (Å²) in [4.78, 5) is 13.0. The van der Waals surface area contributed by atoms with Crippen LogP contribution in [0, 0.1) is 19.3 Å². The Bertz CT molecular complexity index is 883. The number of hydrogen-bond donors (Lipinski definition) is 2. The van der Waals surface area contributed by atoms with Crippen LogP contribution in [0.5, 0.6) is 0 Å². The molecule has 3 N–H and O–H groups in total. The molecule has 0 radical (unpaired) electrons. The van der Waals surface area contributed by atoms with Crippen molar-refractivity contribution in [3.05, 3.63) is 46.9 Å². The van der Waals surface area contributed by atoms with Gasteiger partial charge in [-0.3, -0.25) is 0 Å². The molecule has 0 saturated carbocycles. The molecule has 4 nitrogen and oxygen atoms in total. The molecule has 0 bridgehead atoms. The first-order valence-corrected chi connectivity index (χ1v) is 8.93. The zero-order chi connectivity index (χ0) is 18.2. The number of nitrogens with zero attached hydrogens (tertiary/aromatic N) is 2. The van der Waals surface area contributed by atoms with E-state index in [1.807, 2.05) is 0 Å². The summed E-state index contributed by atoms with van der Waals surface area (Å²) in [7, 11) is 0. The highest BCUT2D eigenvalue weighted by atomic mass is 15.0. The number of rotatable bonds is 4. The molecule has 0 aliphatic carbocycles. The maximum absolute atomic E-state index is 5.65. The lowest BCUT2D eigenvalue weighted by atomic mass is 9.92. The third-order valence-corrected chi connectivity index (χ3v) is 4.49. The number of fused-ring (bicyclic) bond motifs is 1. The highest BCUT2D eigenvalue weighted by molar-refractivity contribution is 5.85. The van der Waals surface area contributed by atoms with Gasteiger partial charge in [0.05, 0.1) is 5.52 Å². The Morgan fingerprint density at radius 1 is 1.04 bits per heavy atom. The molecule has 0 saturated heterocycles. The van der Waals surface area contributed by atoms with Gasteiger partial charge in [-0.1, -0.05) is 45.0 Å². The highest BCUT2D eigenvalue weighted by Gasteiger charge is 2.18. The fraction of sp³-hybridized carbons (Fsp3) is 0.429. The quantitative estimate of drug-likeness (QED) is 0.745. The molecule has 0 amide bonds.